The zero-order chi connectivity index (χ0) is 13.9. The van der Waals surface area contributed by atoms with Crippen LogP contribution < -0.4 is 5.73 Å². The molecule has 1 aromatic rings. The first-order valence-corrected chi connectivity index (χ1v) is 6.67. The van der Waals surface area contributed by atoms with Crippen LogP contribution in [0.15, 0.2) is 12.1 Å². The molecule has 0 aliphatic rings. The molecule has 2 N–H and O–H groups in total. The third-order valence-electron chi connectivity index (χ3n) is 3.58. The van der Waals surface area contributed by atoms with Gasteiger partial charge in [-0.2, -0.15) is 0 Å². The van der Waals surface area contributed by atoms with Crippen molar-refractivity contribution in [2.24, 2.45) is 5.73 Å². The minimum Gasteiger partial charge on any atom is -0.319 e. The maximum absolute atomic E-state index is 12.3. The van der Waals surface area contributed by atoms with Crippen molar-refractivity contribution in [1.82, 2.24) is 0 Å². The van der Waals surface area contributed by atoms with E-state index in [1.54, 1.807) is 0 Å². The van der Waals surface area contributed by atoms with Crippen LogP contribution in [0.4, 0.5) is 0 Å². The Kier molecular flexibility index (Phi) is 4.69. The van der Waals surface area contributed by atoms with Crippen molar-refractivity contribution in [2.75, 3.05) is 0 Å². The van der Waals surface area contributed by atoms with Crippen molar-refractivity contribution in [3.8, 4) is 0 Å². The van der Waals surface area contributed by atoms with Gasteiger partial charge in [0.25, 0.3) is 0 Å². The van der Waals surface area contributed by atoms with E-state index in [-0.39, 0.29) is 5.78 Å². The van der Waals surface area contributed by atoms with Crippen LogP contribution in [0.1, 0.15) is 48.9 Å². The molecule has 0 saturated heterocycles. The number of nitrogens with two attached hydrogens (primary N) is 1. The lowest BCUT2D eigenvalue weighted by molar-refractivity contribution is -0.123. The SMILES string of the molecule is CCCC(C)(N)C(=O)Cc1c(C)cc(C)cc1C. The van der Waals surface area contributed by atoms with Crippen LogP contribution in [-0.4, -0.2) is 11.3 Å². The van der Waals surface area contributed by atoms with Crippen molar-refractivity contribution in [3.05, 3.63) is 34.4 Å². The zero-order valence-electron chi connectivity index (χ0n) is 12.3. The fourth-order valence-electron chi connectivity index (χ4n) is 2.51. The Balaban J connectivity index is 2.95. The summed E-state index contributed by atoms with van der Waals surface area (Å²) in [6.07, 6.45) is 2.13. The van der Waals surface area contributed by atoms with Crippen LogP contribution in [0.5, 0.6) is 0 Å². The second-order valence-corrected chi connectivity index (χ2v) is 5.64. The molecule has 100 valence electrons. The molecule has 0 saturated carbocycles. The van der Waals surface area contributed by atoms with Crippen molar-refractivity contribution in [3.63, 3.8) is 0 Å². The molecule has 18 heavy (non-hydrogen) atoms. The van der Waals surface area contributed by atoms with E-state index in [0.717, 1.165) is 18.4 Å². The van der Waals surface area contributed by atoms with E-state index in [1.165, 1.54) is 16.7 Å². The third kappa shape index (κ3) is 3.42. The van der Waals surface area contributed by atoms with Crippen molar-refractivity contribution in [2.45, 2.75) is 59.4 Å². The Bertz CT molecular complexity index is 423. The molecule has 0 bridgehead atoms. The van der Waals surface area contributed by atoms with Crippen LogP contribution in [-0.2, 0) is 11.2 Å². The average Bonchev–Trinajstić information content (AvgIpc) is 2.22. The summed E-state index contributed by atoms with van der Waals surface area (Å²) in [5.41, 5.74) is 10.2. The first-order valence-electron chi connectivity index (χ1n) is 6.67. The van der Waals surface area contributed by atoms with Gasteiger partial charge in [-0.15, -0.1) is 0 Å². The molecule has 0 heterocycles. The Morgan fingerprint density at radius 1 is 1.22 bits per heavy atom. The first kappa shape index (κ1) is 14.9. The van der Waals surface area contributed by atoms with Gasteiger partial charge in [-0.25, -0.2) is 0 Å². The average molecular weight is 247 g/mol. The van der Waals surface area contributed by atoms with Crippen LogP contribution in [0.2, 0.25) is 0 Å². The number of carbonyl (C=O) groups is 1. The molecule has 1 unspecified atom stereocenters. The molecule has 0 aromatic heterocycles. The summed E-state index contributed by atoms with van der Waals surface area (Å²) in [7, 11) is 0. The van der Waals surface area contributed by atoms with Gasteiger partial charge in [0.15, 0.2) is 5.78 Å². The van der Waals surface area contributed by atoms with Crippen molar-refractivity contribution < 1.29 is 4.79 Å². The van der Waals surface area contributed by atoms with Gasteiger partial charge < -0.3 is 5.73 Å². The number of Topliss-reactive ketones (excluding diaryl/α,β-unsaturated/α-hetero) is 1. The smallest absolute Gasteiger partial charge is 0.156 e. The van der Waals surface area contributed by atoms with Gasteiger partial charge in [-0.05, 0) is 50.8 Å². The van der Waals surface area contributed by atoms with Crippen LogP contribution >= 0.6 is 0 Å². The van der Waals surface area contributed by atoms with Gasteiger partial charge in [-0.3, -0.25) is 4.79 Å². The molecule has 0 spiro atoms. The monoisotopic (exact) mass is 247 g/mol. The van der Waals surface area contributed by atoms with Gasteiger partial charge in [0, 0.05) is 6.42 Å². The Morgan fingerprint density at radius 2 is 1.72 bits per heavy atom. The topological polar surface area (TPSA) is 43.1 Å². The van der Waals surface area contributed by atoms with E-state index < -0.39 is 5.54 Å². The maximum atomic E-state index is 12.3. The molecule has 0 aliphatic heterocycles. The predicted octanol–water partition coefficient (Wildman–Crippen LogP) is 3.24. The summed E-state index contributed by atoms with van der Waals surface area (Å²) in [5, 5.41) is 0. The number of aryl methyl sites for hydroxylation is 3. The number of hydrogen-bond acceptors (Lipinski definition) is 2. The summed E-state index contributed by atoms with van der Waals surface area (Å²) in [4.78, 5) is 12.3. The van der Waals surface area contributed by atoms with Crippen LogP contribution in [0.3, 0.4) is 0 Å². The lowest BCUT2D eigenvalue weighted by atomic mass is 9.86. The lowest BCUT2D eigenvalue weighted by Crippen LogP contribution is -2.45. The number of rotatable bonds is 5. The quantitative estimate of drug-likeness (QED) is 0.868. The molecule has 0 amide bonds. The second kappa shape index (κ2) is 5.66. The Hall–Kier alpha value is -1.15. The molecule has 0 fully saturated rings. The van der Waals surface area contributed by atoms with Crippen molar-refractivity contribution >= 4 is 5.78 Å². The van der Waals surface area contributed by atoms with Gasteiger partial charge in [0.05, 0.1) is 5.54 Å². The Morgan fingerprint density at radius 3 is 2.17 bits per heavy atom. The van der Waals surface area contributed by atoms with Gasteiger partial charge in [0.2, 0.25) is 0 Å². The molecule has 2 heteroatoms. The molecule has 0 aliphatic carbocycles. The van der Waals surface area contributed by atoms with E-state index >= 15 is 0 Å². The molecule has 1 rings (SSSR count). The number of carbonyl (C=O) groups excluding carboxylic acids is 1. The number of ketones is 1. The molecule has 2 nitrogen and oxygen atoms in total. The maximum Gasteiger partial charge on any atom is 0.156 e. The summed E-state index contributed by atoms with van der Waals surface area (Å²) in [6.45, 7) is 10.1. The molecular weight excluding hydrogens is 222 g/mol. The van der Waals surface area contributed by atoms with E-state index in [2.05, 4.69) is 39.8 Å². The fraction of sp³-hybridized carbons (Fsp3) is 0.562. The summed E-state index contributed by atoms with van der Waals surface area (Å²) in [6, 6.07) is 4.26. The Labute approximate surface area is 111 Å². The normalized spacial score (nSPS) is 14.3. The largest absolute Gasteiger partial charge is 0.319 e. The van der Waals surface area contributed by atoms with Crippen LogP contribution in [0, 0.1) is 20.8 Å². The van der Waals surface area contributed by atoms with E-state index in [1.807, 2.05) is 6.92 Å². The first-order chi connectivity index (χ1) is 8.27. The minimum atomic E-state index is -0.696. The van der Waals surface area contributed by atoms with Crippen molar-refractivity contribution in [1.29, 1.82) is 0 Å². The van der Waals surface area contributed by atoms with E-state index in [4.69, 9.17) is 5.73 Å². The molecule has 0 radical (unpaired) electrons. The summed E-state index contributed by atoms with van der Waals surface area (Å²) in [5.74, 6) is 0.138. The van der Waals surface area contributed by atoms with Gasteiger partial charge in [-0.1, -0.05) is 31.0 Å². The summed E-state index contributed by atoms with van der Waals surface area (Å²) < 4.78 is 0. The lowest BCUT2D eigenvalue weighted by Gasteiger charge is -2.23. The number of benzene rings is 1. The third-order valence-corrected chi connectivity index (χ3v) is 3.58. The molecule has 1 atom stereocenters. The van der Waals surface area contributed by atoms with Crippen LogP contribution in [0.25, 0.3) is 0 Å². The highest BCUT2D eigenvalue weighted by atomic mass is 16.1. The summed E-state index contributed by atoms with van der Waals surface area (Å²) >= 11 is 0. The predicted molar refractivity (Wildman–Crippen MR) is 76.9 cm³/mol. The fourth-order valence-corrected chi connectivity index (χ4v) is 2.51. The highest BCUT2D eigenvalue weighted by Crippen LogP contribution is 2.20. The van der Waals surface area contributed by atoms with Gasteiger partial charge >= 0.3 is 0 Å². The molecule has 1 aromatic carbocycles. The van der Waals surface area contributed by atoms with Gasteiger partial charge in [0.1, 0.15) is 0 Å². The van der Waals surface area contributed by atoms with E-state index in [0.29, 0.717) is 6.42 Å². The second-order valence-electron chi connectivity index (χ2n) is 5.64. The molecular formula is C16H25NO. The highest BCUT2D eigenvalue weighted by Gasteiger charge is 2.27. The minimum absolute atomic E-state index is 0.138. The highest BCUT2D eigenvalue weighted by molar-refractivity contribution is 5.90. The number of hydrogen-bond donors (Lipinski definition) is 1. The standard InChI is InChI=1S/C16H25NO/c1-6-7-16(5,17)15(18)10-14-12(3)8-11(2)9-13(14)4/h8-9H,6-7,10,17H2,1-5H3. The van der Waals surface area contributed by atoms with E-state index in [9.17, 15) is 4.79 Å². The zero-order valence-corrected chi connectivity index (χ0v) is 12.3.